The van der Waals surface area contributed by atoms with Gasteiger partial charge in [0, 0.05) is 37.3 Å². The smallest absolute Gasteiger partial charge is 0.254 e. The second-order valence-electron chi connectivity index (χ2n) is 7.50. The van der Waals surface area contributed by atoms with Gasteiger partial charge in [0.05, 0.1) is 19.3 Å². The number of morpholine rings is 1. The zero-order valence-corrected chi connectivity index (χ0v) is 16.9. The van der Waals surface area contributed by atoms with Crippen LogP contribution in [0.1, 0.15) is 22.3 Å². The maximum absolute atomic E-state index is 13.1. The van der Waals surface area contributed by atoms with Crippen molar-refractivity contribution in [3.05, 3.63) is 34.3 Å². The molecule has 1 spiro atoms. The Bertz CT molecular complexity index is 877. The predicted molar refractivity (Wildman–Crippen MR) is 100 cm³/mol. The van der Waals surface area contributed by atoms with Gasteiger partial charge in [0.1, 0.15) is 10.9 Å². The molecule has 0 N–H and O–H groups in total. The van der Waals surface area contributed by atoms with Gasteiger partial charge in [-0.3, -0.25) is 4.79 Å². The fraction of sp³-hybridized carbons (Fsp3) is 0.611. The fourth-order valence-electron chi connectivity index (χ4n) is 4.51. The number of carbonyl (C=O) groups is 1. The molecule has 0 radical (unpaired) electrons. The lowest BCUT2D eigenvalue weighted by molar-refractivity contribution is -0.0981. The molecule has 148 valence electrons. The SMILES string of the molecule is COCCN1CC23CN(C(=O)c4cccc(Cl)c4C)C[C@@H](C[C@@H]2S1(=O)=O)O3. The van der Waals surface area contributed by atoms with Gasteiger partial charge in [0.2, 0.25) is 10.0 Å². The minimum atomic E-state index is -3.46. The first kappa shape index (κ1) is 19.1. The maximum atomic E-state index is 13.1. The lowest BCUT2D eigenvalue weighted by Crippen LogP contribution is -2.56. The summed E-state index contributed by atoms with van der Waals surface area (Å²) in [6, 6.07) is 5.26. The largest absolute Gasteiger partial charge is 0.383 e. The summed E-state index contributed by atoms with van der Waals surface area (Å²) in [7, 11) is -1.92. The zero-order chi connectivity index (χ0) is 19.4. The van der Waals surface area contributed by atoms with Crippen LogP contribution in [-0.2, 0) is 19.5 Å². The zero-order valence-electron chi connectivity index (χ0n) is 15.4. The second-order valence-corrected chi connectivity index (χ2v) is 10.0. The summed E-state index contributed by atoms with van der Waals surface area (Å²) >= 11 is 6.17. The molecule has 3 atom stereocenters. The molecule has 3 fully saturated rings. The van der Waals surface area contributed by atoms with Crippen molar-refractivity contribution in [3.63, 3.8) is 0 Å². The van der Waals surface area contributed by atoms with Crippen molar-refractivity contribution in [3.8, 4) is 0 Å². The normalized spacial score (nSPS) is 31.9. The Morgan fingerprint density at radius 1 is 1.41 bits per heavy atom. The number of fused-ring (bicyclic) bond motifs is 1. The third-order valence-electron chi connectivity index (χ3n) is 5.84. The Hall–Kier alpha value is -1.19. The van der Waals surface area contributed by atoms with E-state index < -0.39 is 20.9 Å². The molecule has 27 heavy (non-hydrogen) atoms. The lowest BCUT2D eigenvalue weighted by atomic mass is 9.98. The minimum absolute atomic E-state index is 0.129. The van der Waals surface area contributed by atoms with Crippen LogP contribution in [0.3, 0.4) is 0 Å². The van der Waals surface area contributed by atoms with Gasteiger partial charge in [-0.05, 0) is 31.0 Å². The molecular formula is C18H23ClN2O5S. The van der Waals surface area contributed by atoms with Gasteiger partial charge in [0.15, 0.2) is 0 Å². The number of sulfonamides is 1. The molecule has 1 amide bonds. The third-order valence-corrected chi connectivity index (χ3v) is 8.62. The second kappa shape index (κ2) is 6.70. The predicted octanol–water partition coefficient (Wildman–Crippen LogP) is 1.29. The van der Waals surface area contributed by atoms with Crippen molar-refractivity contribution in [1.82, 2.24) is 9.21 Å². The summed E-state index contributed by atoms with van der Waals surface area (Å²) in [6.45, 7) is 3.37. The highest BCUT2D eigenvalue weighted by molar-refractivity contribution is 7.90. The minimum Gasteiger partial charge on any atom is -0.383 e. The number of hydrogen-bond donors (Lipinski definition) is 0. The molecule has 0 saturated carbocycles. The van der Waals surface area contributed by atoms with Gasteiger partial charge in [-0.25, -0.2) is 8.42 Å². The molecule has 1 unspecified atom stereocenters. The molecule has 3 aliphatic rings. The standard InChI is InChI=1S/C18H23ClN2O5S/c1-12-14(4-3-5-15(12)19)17(22)20-9-13-8-16-18(10-20,26-13)11-21(6-7-25-2)27(16,23)24/h3-5,13,16H,6-11H2,1-2H3/t13-,16+,18?/m1/s1. The summed E-state index contributed by atoms with van der Waals surface area (Å²) in [5.74, 6) is -0.129. The number of ether oxygens (including phenoxy) is 2. The molecule has 3 heterocycles. The Kier molecular flexibility index (Phi) is 4.75. The van der Waals surface area contributed by atoms with E-state index in [1.807, 2.05) is 6.92 Å². The van der Waals surface area contributed by atoms with Crippen molar-refractivity contribution in [1.29, 1.82) is 0 Å². The summed E-state index contributed by atoms with van der Waals surface area (Å²) in [5, 5.41) is -0.0626. The molecule has 4 rings (SSSR count). The Morgan fingerprint density at radius 2 is 2.19 bits per heavy atom. The van der Waals surface area contributed by atoms with Gasteiger partial charge in [-0.2, -0.15) is 4.31 Å². The van der Waals surface area contributed by atoms with Crippen LogP contribution in [-0.4, -0.2) is 80.4 Å². The van der Waals surface area contributed by atoms with Crippen LogP contribution in [0.4, 0.5) is 0 Å². The molecule has 7 nitrogen and oxygen atoms in total. The van der Waals surface area contributed by atoms with E-state index in [1.165, 1.54) is 4.31 Å². The maximum Gasteiger partial charge on any atom is 0.254 e. The van der Waals surface area contributed by atoms with E-state index in [4.69, 9.17) is 21.1 Å². The highest BCUT2D eigenvalue weighted by Crippen LogP contribution is 2.46. The van der Waals surface area contributed by atoms with E-state index in [0.29, 0.717) is 36.7 Å². The van der Waals surface area contributed by atoms with E-state index in [0.717, 1.165) is 5.56 Å². The van der Waals surface area contributed by atoms with Crippen LogP contribution in [0.2, 0.25) is 5.02 Å². The van der Waals surface area contributed by atoms with Gasteiger partial charge in [0.25, 0.3) is 5.91 Å². The van der Waals surface area contributed by atoms with E-state index in [-0.39, 0.29) is 25.1 Å². The number of carbonyl (C=O) groups excluding carboxylic acids is 1. The molecule has 1 aromatic carbocycles. The molecule has 9 heteroatoms. The van der Waals surface area contributed by atoms with Gasteiger partial charge >= 0.3 is 0 Å². The van der Waals surface area contributed by atoms with E-state index in [1.54, 1.807) is 30.2 Å². The van der Waals surface area contributed by atoms with E-state index in [2.05, 4.69) is 0 Å². The number of amides is 1. The number of benzene rings is 1. The lowest BCUT2D eigenvalue weighted by Gasteiger charge is -2.39. The van der Waals surface area contributed by atoms with Crippen LogP contribution in [0.15, 0.2) is 18.2 Å². The topological polar surface area (TPSA) is 76.2 Å². The first-order valence-electron chi connectivity index (χ1n) is 8.98. The first-order chi connectivity index (χ1) is 12.8. The van der Waals surface area contributed by atoms with Crippen LogP contribution in [0.25, 0.3) is 0 Å². The fourth-order valence-corrected chi connectivity index (χ4v) is 6.98. The Morgan fingerprint density at radius 3 is 2.93 bits per heavy atom. The first-order valence-corrected chi connectivity index (χ1v) is 10.9. The highest BCUT2D eigenvalue weighted by atomic mass is 35.5. The quantitative estimate of drug-likeness (QED) is 0.742. The van der Waals surface area contributed by atoms with Gasteiger partial charge in [-0.15, -0.1) is 0 Å². The summed E-state index contributed by atoms with van der Waals surface area (Å²) in [4.78, 5) is 14.8. The van der Waals surface area contributed by atoms with Crippen LogP contribution < -0.4 is 0 Å². The van der Waals surface area contributed by atoms with E-state index in [9.17, 15) is 13.2 Å². The number of nitrogens with zero attached hydrogens (tertiary/aromatic N) is 2. The van der Waals surface area contributed by atoms with Crippen LogP contribution in [0.5, 0.6) is 0 Å². The molecule has 3 saturated heterocycles. The van der Waals surface area contributed by atoms with Crippen molar-refractivity contribution in [2.75, 3.05) is 39.9 Å². The molecular weight excluding hydrogens is 392 g/mol. The van der Waals surface area contributed by atoms with Crippen molar-refractivity contribution >= 4 is 27.5 Å². The average Bonchev–Trinajstić information content (AvgIpc) is 3.00. The third kappa shape index (κ3) is 2.98. The van der Waals surface area contributed by atoms with Gasteiger partial charge in [-0.1, -0.05) is 17.7 Å². The monoisotopic (exact) mass is 414 g/mol. The van der Waals surface area contributed by atoms with Gasteiger partial charge < -0.3 is 14.4 Å². The van der Waals surface area contributed by atoms with Crippen molar-refractivity contribution in [2.45, 2.75) is 30.3 Å². The number of methoxy groups -OCH3 is 1. The highest BCUT2D eigenvalue weighted by Gasteiger charge is 2.65. The Balaban J connectivity index is 1.61. The number of rotatable bonds is 4. The molecule has 0 aliphatic carbocycles. The summed E-state index contributed by atoms with van der Waals surface area (Å²) < 4.78 is 38.5. The number of hydrogen-bond acceptors (Lipinski definition) is 5. The van der Waals surface area contributed by atoms with Crippen molar-refractivity contribution < 1.29 is 22.7 Å². The molecule has 0 aromatic heterocycles. The van der Waals surface area contributed by atoms with Crippen molar-refractivity contribution in [2.24, 2.45) is 0 Å². The summed E-state index contributed by atoms with van der Waals surface area (Å²) in [5.41, 5.74) is 0.420. The molecule has 2 bridgehead atoms. The van der Waals surface area contributed by atoms with Crippen LogP contribution in [0, 0.1) is 6.92 Å². The van der Waals surface area contributed by atoms with Crippen LogP contribution >= 0.6 is 11.6 Å². The molecule has 3 aliphatic heterocycles. The Labute approximate surface area is 164 Å². The number of likely N-dealkylation sites (tertiary alicyclic amines) is 1. The average molecular weight is 415 g/mol. The van der Waals surface area contributed by atoms with E-state index >= 15 is 0 Å². The summed E-state index contributed by atoms with van der Waals surface area (Å²) in [6.07, 6.45) is 0.163. The number of halogens is 1. The molecule has 1 aromatic rings.